The zero-order valence-corrected chi connectivity index (χ0v) is 13.4. The number of halogens is 1. The second kappa shape index (κ2) is 5.25. The largest absolute Gasteiger partial charge is 0.397 e. The summed E-state index contributed by atoms with van der Waals surface area (Å²) in [5.74, 6) is 0. The molecule has 2 N–H and O–H groups in total. The van der Waals surface area contributed by atoms with Crippen molar-refractivity contribution in [2.24, 2.45) is 0 Å². The molecule has 0 atom stereocenters. The zero-order valence-electron chi connectivity index (χ0n) is 11.8. The average molecular weight is 319 g/mol. The van der Waals surface area contributed by atoms with E-state index in [2.05, 4.69) is 60.8 Å². The van der Waals surface area contributed by atoms with Crippen LogP contribution in [0.15, 0.2) is 34.8 Å². The number of aryl methyl sites for hydroxylation is 3. The highest BCUT2D eigenvalue weighted by atomic mass is 79.9. The predicted molar refractivity (Wildman–Crippen MR) is 87.3 cm³/mol. The first-order valence-corrected chi connectivity index (χ1v) is 7.06. The molecule has 0 amide bonds. The van der Waals surface area contributed by atoms with E-state index >= 15 is 0 Å². The Balaban J connectivity index is 2.53. The van der Waals surface area contributed by atoms with Gasteiger partial charge >= 0.3 is 0 Å². The molecule has 2 nitrogen and oxygen atoms in total. The highest BCUT2D eigenvalue weighted by Gasteiger charge is 2.13. The van der Waals surface area contributed by atoms with E-state index < -0.39 is 0 Å². The Kier molecular flexibility index (Phi) is 3.85. The molecule has 19 heavy (non-hydrogen) atoms. The molecule has 2 aromatic rings. The number of nitrogen functional groups attached to an aromatic ring is 1. The highest BCUT2D eigenvalue weighted by molar-refractivity contribution is 9.10. The molecular weight excluding hydrogens is 300 g/mol. The van der Waals surface area contributed by atoms with E-state index in [-0.39, 0.29) is 0 Å². The van der Waals surface area contributed by atoms with Gasteiger partial charge < -0.3 is 10.6 Å². The Morgan fingerprint density at radius 1 is 1.00 bits per heavy atom. The number of hydrogen-bond donors (Lipinski definition) is 1. The monoisotopic (exact) mass is 318 g/mol. The molecule has 100 valence electrons. The van der Waals surface area contributed by atoms with Crippen LogP contribution in [0.25, 0.3) is 0 Å². The standard InChI is InChI=1S/C16H19BrN2/c1-10-7-11(2)16(12(3)8-10)19(4)15-6-5-13(17)9-14(15)18/h5-9H,18H2,1-4H3. The number of anilines is 3. The minimum absolute atomic E-state index is 0.774. The van der Waals surface area contributed by atoms with Gasteiger partial charge in [0.2, 0.25) is 0 Å². The van der Waals surface area contributed by atoms with E-state index in [0.29, 0.717) is 0 Å². The third-order valence-corrected chi connectivity index (χ3v) is 3.81. The van der Waals surface area contributed by atoms with Crippen LogP contribution in [-0.2, 0) is 0 Å². The lowest BCUT2D eigenvalue weighted by Gasteiger charge is -2.25. The number of rotatable bonds is 2. The maximum absolute atomic E-state index is 6.12. The van der Waals surface area contributed by atoms with Crippen LogP contribution in [0.2, 0.25) is 0 Å². The van der Waals surface area contributed by atoms with Crippen molar-refractivity contribution in [3.8, 4) is 0 Å². The van der Waals surface area contributed by atoms with Crippen LogP contribution >= 0.6 is 15.9 Å². The van der Waals surface area contributed by atoms with Crippen molar-refractivity contribution >= 4 is 33.0 Å². The second-order valence-corrected chi connectivity index (χ2v) is 5.93. The van der Waals surface area contributed by atoms with Crippen LogP contribution in [0, 0.1) is 20.8 Å². The Morgan fingerprint density at radius 2 is 1.58 bits per heavy atom. The molecule has 2 rings (SSSR count). The Morgan fingerprint density at radius 3 is 2.11 bits per heavy atom. The van der Waals surface area contributed by atoms with Crippen molar-refractivity contribution < 1.29 is 0 Å². The molecule has 0 spiro atoms. The van der Waals surface area contributed by atoms with Gasteiger partial charge in [-0.15, -0.1) is 0 Å². The first kappa shape index (κ1) is 13.9. The summed E-state index contributed by atoms with van der Waals surface area (Å²) in [6.45, 7) is 6.40. The van der Waals surface area contributed by atoms with Crippen molar-refractivity contribution in [3.63, 3.8) is 0 Å². The molecule has 0 unspecified atom stereocenters. The molecule has 0 fully saturated rings. The third kappa shape index (κ3) is 2.76. The van der Waals surface area contributed by atoms with E-state index in [9.17, 15) is 0 Å². The van der Waals surface area contributed by atoms with Crippen molar-refractivity contribution in [2.45, 2.75) is 20.8 Å². The molecule has 2 aromatic carbocycles. The van der Waals surface area contributed by atoms with Gasteiger partial charge in [-0.3, -0.25) is 0 Å². The number of hydrogen-bond acceptors (Lipinski definition) is 2. The van der Waals surface area contributed by atoms with Crippen LogP contribution in [-0.4, -0.2) is 7.05 Å². The summed E-state index contributed by atoms with van der Waals surface area (Å²) in [6, 6.07) is 10.4. The van der Waals surface area contributed by atoms with Crippen molar-refractivity contribution in [3.05, 3.63) is 51.5 Å². The van der Waals surface area contributed by atoms with E-state index in [1.54, 1.807) is 0 Å². The molecule has 0 saturated carbocycles. The smallest absolute Gasteiger partial charge is 0.0642 e. The molecule has 0 aliphatic rings. The molecule has 0 aromatic heterocycles. The van der Waals surface area contributed by atoms with E-state index in [4.69, 9.17) is 5.73 Å². The first-order valence-electron chi connectivity index (χ1n) is 6.26. The summed E-state index contributed by atoms with van der Waals surface area (Å²) in [7, 11) is 2.06. The van der Waals surface area contributed by atoms with Crippen LogP contribution in [0.3, 0.4) is 0 Å². The Bertz CT molecular complexity index is 597. The van der Waals surface area contributed by atoms with Gasteiger partial charge in [-0.1, -0.05) is 33.6 Å². The second-order valence-electron chi connectivity index (χ2n) is 5.01. The van der Waals surface area contributed by atoms with E-state index in [1.807, 2.05) is 18.2 Å². The molecule has 3 heteroatoms. The number of benzene rings is 2. The molecule has 0 bridgehead atoms. The Labute approximate surface area is 123 Å². The summed E-state index contributed by atoms with van der Waals surface area (Å²) < 4.78 is 1.000. The van der Waals surface area contributed by atoms with Gasteiger partial charge in [0.1, 0.15) is 0 Å². The third-order valence-electron chi connectivity index (χ3n) is 3.32. The maximum Gasteiger partial charge on any atom is 0.0642 e. The molecular formula is C16H19BrN2. The quantitative estimate of drug-likeness (QED) is 0.811. The van der Waals surface area contributed by atoms with Crippen molar-refractivity contribution in [1.29, 1.82) is 0 Å². The fourth-order valence-electron chi connectivity index (χ4n) is 2.65. The number of nitrogens with zero attached hydrogens (tertiary/aromatic N) is 1. The fraction of sp³-hybridized carbons (Fsp3) is 0.250. The molecule has 0 saturated heterocycles. The molecule has 0 aliphatic carbocycles. The van der Waals surface area contributed by atoms with Gasteiger partial charge in [-0.05, 0) is 50.1 Å². The predicted octanol–water partition coefficient (Wildman–Crippen LogP) is 4.72. The summed E-state index contributed by atoms with van der Waals surface area (Å²) in [6.07, 6.45) is 0. The lowest BCUT2D eigenvalue weighted by atomic mass is 10.0. The van der Waals surface area contributed by atoms with Crippen molar-refractivity contribution in [2.75, 3.05) is 17.7 Å². The Hall–Kier alpha value is -1.48. The van der Waals surface area contributed by atoms with E-state index in [1.165, 1.54) is 22.4 Å². The normalized spacial score (nSPS) is 10.6. The SMILES string of the molecule is Cc1cc(C)c(N(C)c2ccc(Br)cc2N)c(C)c1. The molecule has 0 heterocycles. The zero-order chi connectivity index (χ0) is 14.2. The van der Waals surface area contributed by atoms with Gasteiger partial charge in [0.25, 0.3) is 0 Å². The highest BCUT2D eigenvalue weighted by Crippen LogP contribution is 2.35. The average Bonchev–Trinajstić information content (AvgIpc) is 2.26. The lowest BCUT2D eigenvalue weighted by molar-refractivity contribution is 1.15. The number of nitrogens with two attached hydrogens (primary N) is 1. The molecule has 0 radical (unpaired) electrons. The maximum atomic E-state index is 6.12. The topological polar surface area (TPSA) is 29.3 Å². The minimum atomic E-state index is 0.774. The summed E-state index contributed by atoms with van der Waals surface area (Å²) in [4.78, 5) is 2.16. The lowest BCUT2D eigenvalue weighted by Crippen LogP contribution is -2.14. The summed E-state index contributed by atoms with van der Waals surface area (Å²) in [5.41, 5.74) is 13.0. The van der Waals surface area contributed by atoms with Crippen LogP contribution in [0.1, 0.15) is 16.7 Å². The van der Waals surface area contributed by atoms with Crippen LogP contribution in [0.5, 0.6) is 0 Å². The van der Waals surface area contributed by atoms with Gasteiger partial charge in [0.15, 0.2) is 0 Å². The van der Waals surface area contributed by atoms with Gasteiger partial charge in [0, 0.05) is 17.2 Å². The van der Waals surface area contributed by atoms with Crippen molar-refractivity contribution in [1.82, 2.24) is 0 Å². The van der Waals surface area contributed by atoms with Crippen LogP contribution < -0.4 is 10.6 Å². The van der Waals surface area contributed by atoms with Crippen LogP contribution in [0.4, 0.5) is 17.1 Å². The summed E-state index contributed by atoms with van der Waals surface area (Å²) in [5, 5.41) is 0. The van der Waals surface area contributed by atoms with E-state index in [0.717, 1.165) is 15.8 Å². The van der Waals surface area contributed by atoms with Gasteiger partial charge in [0.05, 0.1) is 11.4 Å². The molecule has 0 aliphatic heterocycles. The summed E-state index contributed by atoms with van der Waals surface area (Å²) >= 11 is 3.44. The fourth-order valence-corrected chi connectivity index (χ4v) is 3.03. The van der Waals surface area contributed by atoms with Gasteiger partial charge in [-0.2, -0.15) is 0 Å². The minimum Gasteiger partial charge on any atom is -0.397 e. The van der Waals surface area contributed by atoms with Gasteiger partial charge in [-0.25, -0.2) is 0 Å². The first-order chi connectivity index (χ1) is 8.90.